The van der Waals surface area contributed by atoms with E-state index in [2.05, 4.69) is 43.0 Å². The van der Waals surface area contributed by atoms with Gasteiger partial charge < -0.3 is 14.2 Å². The Hall–Kier alpha value is -3.08. The van der Waals surface area contributed by atoms with Gasteiger partial charge in [-0.25, -0.2) is 4.98 Å². The first-order valence-electron chi connectivity index (χ1n) is 10.7. The van der Waals surface area contributed by atoms with Gasteiger partial charge in [-0.3, -0.25) is 4.79 Å². The molecule has 1 fully saturated rings. The number of para-hydroxylation sites is 1. The van der Waals surface area contributed by atoms with Crippen molar-refractivity contribution in [3.8, 4) is 11.5 Å². The molecule has 5 nitrogen and oxygen atoms in total. The predicted octanol–water partition coefficient (Wildman–Crippen LogP) is 4.43. The van der Waals surface area contributed by atoms with Gasteiger partial charge in [-0.2, -0.15) is 0 Å². The lowest BCUT2D eigenvalue weighted by molar-refractivity contribution is -0.131. The maximum absolute atomic E-state index is 13.0. The number of carbonyl (C=O) groups excluding carboxylic acids is 1. The van der Waals surface area contributed by atoms with Crippen LogP contribution in [0.25, 0.3) is 11.5 Å². The van der Waals surface area contributed by atoms with E-state index in [-0.39, 0.29) is 12.3 Å². The molecule has 5 heteroatoms. The molecule has 1 aliphatic heterocycles. The number of hydrogen-bond acceptors (Lipinski definition) is 4. The second-order valence-electron chi connectivity index (χ2n) is 8.23. The van der Waals surface area contributed by atoms with Crippen LogP contribution < -0.4 is 4.90 Å². The molecule has 0 aliphatic carbocycles. The molecule has 0 bridgehead atoms. The molecule has 1 amide bonds. The largest absolute Gasteiger partial charge is 0.440 e. The first-order valence-corrected chi connectivity index (χ1v) is 10.7. The highest BCUT2D eigenvalue weighted by Gasteiger charge is 2.24. The Kier molecular flexibility index (Phi) is 6.17. The van der Waals surface area contributed by atoms with Crippen molar-refractivity contribution in [1.82, 2.24) is 9.88 Å². The second-order valence-corrected chi connectivity index (χ2v) is 8.23. The molecule has 0 radical (unpaired) electrons. The number of carbonyl (C=O) groups is 1. The van der Waals surface area contributed by atoms with Gasteiger partial charge in [0.2, 0.25) is 11.8 Å². The van der Waals surface area contributed by atoms with Crippen molar-refractivity contribution in [2.24, 2.45) is 5.92 Å². The van der Waals surface area contributed by atoms with E-state index in [9.17, 15) is 4.79 Å². The molecule has 1 aromatic heterocycles. The molecule has 0 atom stereocenters. The van der Waals surface area contributed by atoms with Crippen LogP contribution in [0, 0.1) is 5.92 Å². The minimum absolute atomic E-state index is 0.114. The number of piperazine rings is 1. The van der Waals surface area contributed by atoms with Gasteiger partial charge in [-0.1, -0.05) is 50.2 Å². The van der Waals surface area contributed by atoms with E-state index in [0.717, 1.165) is 43.9 Å². The highest BCUT2D eigenvalue weighted by atomic mass is 16.4. The number of aromatic nitrogens is 1. The summed E-state index contributed by atoms with van der Waals surface area (Å²) in [5.74, 6) is 1.87. The van der Waals surface area contributed by atoms with Crippen molar-refractivity contribution < 1.29 is 9.21 Å². The van der Waals surface area contributed by atoms with Crippen molar-refractivity contribution in [1.29, 1.82) is 0 Å². The van der Waals surface area contributed by atoms with Crippen molar-refractivity contribution in [3.05, 3.63) is 72.1 Å². The lowest BCUT2D eigenvalue weighted by Crippen LogP contribution is -2.49. The van der Waals surface area contributed by atoms with Crippen LogP contribution in [0.3, 0.4) is 0 Å². The third-order valence-electron chi connectivity index (χ3n) is 5.47. The van der Waals surface area contributed by atoms with E-state index in [1.807, 2.05) is 41.3 Å². The third-order valence-corrected chi connectivity index (χ3v) is 5.47. The van der Waals surface area contributed by atoms with Crippen molar-refractivity contribution >= 4 is 11.6 Å². The average Bonchev–Trinajstić information content (AvgIpc) is 3.16. The molecule has 2 heterocycles. The quantitative estimate of drug-likeness (QED) is 0.611. The van der Waals surface area contributed by atoms with Gasteiger partial charge in [-0.05, 0) is 36.6 Å². The number of benzene rings is 2. The molecule has 1 saturated heterocycles. The molecule has 156 valence electrons. The summed E-state index contributed by atoms with van der Waals surface area (Å²) in [6.07, 6.45) is 1.08. The molecule has 2 aromatic carbocycles. The average molecular weight is 404 g/mol. The van der Waals surface area contributed by atoms with Crippen LogP contribution in [-0.2, 0) is 17.6 Å². The van der Waals surface area contributed by atoms with Gasteiger partial charge in [0.05, 0.1) is 12.1 Å². The smallest absolute Gasteiger partial charge is 0.230 e. The van der Waals surface area contributed by atoms with E-state index in [1.165, 1.54) is 5.69 Å². The maximum Gasteiger partial charge on any atom is 0.230 e. The molecule has 3 aromatic rings. The number of amides is 1. The Bertz CT molecular complexity index is 959. The van der Waals surface area contributed by atoms with E-state index < -0.39 is 0 Å². The van der Waals surface area contributed by atoms with E-state index >= 15 is 0 Å². The maximum atomic E-state index is 13.0. The van der Waals surface area contributed by atoms with E-state index in [4.69, 9.17) is 9.40 Å². The van der Waals surface area contributed by atoms with Gasteiger partial charge in [-0.15, -0.1) is 0 Å². The molecule has 0 N–H and O–H groups in total. The predicted molar refractivity (Wildman–Crippen MR) is 119 cm³/mol. The highest BCUT2D eigenvalue weighted by molar-refractivity contribution is 5.79. The molecular formula is C25H29N3O2. The summed E-state index contributed by atoms with van der Waals surface area (Å²) >= 11 is 0. The molecule has 0 spiro atoms. The Morgan fingerprint density at radius 3 is 2.23 bits per heavy atom. The minimum Gasteiger partial charge on any atom is -0.440 e. The zero-order valence-corrected chi connectivity index (χ0v) is 17.8. The van der Waals surface area contributed by atoms with Gasteiger partial charge in [0.25, 0.3) is 0 Å². The van der Waals surface area contributed by atoms with Gasteiger partial charge in [0, 0.05) is 37.4 Å². The van der Waals surface area contributed by atoms with Gasteiger partial charge >= 0.3 is 0 Å². The molecular weight excluding hydrogens is 374 g/mol. The van der Waals surface area contributed by atoms with Crippen LogP contribution in [0.1, 0.15) is 25.3 Å². The number of anilines is 1. The molecule has 30 heavy (non-hydrogen) atoms. The number of rotatable bonds is 6. The Morgan fingerprint density at radius 1 is 0.967 bits per heavy atom. The van der Waals surface area contributed by atoms with Crippen molar-refractivity contribution in [2.75, 3.05) is 31.1 Å². The first-order chi connectivity index (χ1) is 14.6. The van der Waals surface area contributed by atoms with Crippen LogP contribution in [0.5, 0.6) is 0 Å². The molecule has 1 aliphatic rings. The summed E-state index contributed by atoms with van der Waals surface area (Å²) < 4.78 is 6.08. The minimum atomic E-state index is 0.114. The van der Waals surface area contributed by atoms with E-state index in [1.54, 1.807) is 0 Å². The summed E-state index contributed by atoms with van der Waals surface area (Å²) in [6.45, 7) is 7.47. The van der Waals surface area contributed by atoms with Gasteiger partial charge in [0.1, 0.15) is 5.76 Å². The Morgan fingerprint density at radius 2 is 1.60 bits per heavy atom. The van der Waals surface area contributed by atoms with Crippen LogP contribution in [0.2, 0.25) is 0 Å². The topological polar surface area (TPSA) is 49.6 Å². The zero-order valence-electron chi connectivity index (χ0n) is 17.8. The molecule has 0 saturated carbocycles. The third kappa shape index (κ3) is 4.73. The fourth-order valence-electron chi connectivity index (χ4n) is 3.87. The monoisotopic (exact) mass is 403 g/mol. The zero-order chi connectivity index (χ0) is 20.9. The van der Waals surface area contributed by atoms with Gasteiger partial charge in [0.15, 0.2) is 0 Å². The lowest BCUT2D eigenvalue weighted by Gasteiger charge is -2.36. The summed E-state index contributed by atoms with van der Waals surface area (Å²) in [7, 11) is 0. The molecule has 0 unspecified atom stereocenters. The summed E-state index contributed by atoms with van der Waals surface area (Å²) in [6, 6.07) is 20.3. The van der Waals surface area contributed by atoms with Crippen molar-refractivity contribution in [3.63, 3.8) is 0 Å². The fourth-order valence-corrected chi connectivity index (χ4v) is 3.87. The number of nitrogens with zero attached hydrogens (tertiary/aromatic N) is 3. The summed E-state index contributed by atoms with van der Waals surface area (Å²) in [5, 5.41) is 0. The van der Waals surface area contributed by atoms with Crippen LogP contribution >= 0.6 is 0 Å². The van der Waals surface area contributed by atoms with Crippen LogP contribution in [0.4, 0.5) is 5.69 Å². The summed E-state index contributed by atoms with van der Waals surface area (Å²) in [5.41, 5.74) is 3.06. The van der Waals surface area contributed by atoms with E-state index in [0.29, 0.717) is 17.6 Å². The van der Waals surface area contributed by atoms with Crippen LogP contribution in [-0.4, -0.2) is 42.0 Å². The second kappa shape index (κ2) is 9.16. The standard InChI is InChI=1S/C25H29N3O2/c1-19(2)17-22-23(30-25(26-22)20-9-5-3-6-10-20)18-24(29)28-15-13-27(14-16-28)21-11-7-4-8-12-21/h3-12,19H,13-18H2,1-2H3. The number of oxazole rings is 1. The Balaban J connectivity index is 1.44. The number of hydrogen-bond donors (Lipinski definition) is 0. The fraction of sp³-hybridized carbons (Fsp3) is 0.360. The Labute approximate surface area is 178 Å². The summed E-state index contributed by atoms with van der Waals surface area (Å²) in [4.78, 5) is 22.0. The SMILES string of the molecule is CC(C)Cc1nc(-c2ccccc2)oc1CC(=O)N1CCN(c2ccccc2)CC1. The van der Waals surface area contributed by atoms with Crippen molar-refractivity contribution in [2.45, 2.75) is 26.7 Å². The molecule has 4 rings (SSSR count). The first kappa shape index (κ1) is 20.2. The van der Waals surface area contributed by atoms with Crippen LogP contribution in [0.15, 0.2) is 65.1 Å². The lowest BCUT2D eigenvalue weighted by atomic mass is 10.1. The highest BCUT2D eigenvalue weighted by Crippen LogP contribution is 2.25. The normalized spacial score (nSPS) is 14.4.